The highest BCUT2D eigenvalue weighted by Crippen LogP contribution is 2.35. The molecule has 1 saturated heterocycles. The smallest absolute Gasteiger partial charge is 0.256 e. The van der Waals surface area contributed by atoms with Gasteiger partial charge < -0.3 is 15.3 Å². The first-order valence-corrected chi connectivity index (χ1v) is 9.54. The molecule has 0 bridgehead atoms. The van der Waals surface area contributed by atoms with Gasteiger partial charge in [-0.25, -0.2) is 13.9 Å². The van der Waals surface area contributed by atoms with E-state index in [1.807, 2.05) is 6.07 Å². The number of hydrogen-bond acceptors (Lipinski definition) is 6. The number of fused-ring (bicyclic) bond motifs is 1. The maximum atomic E-state index is 13.6. The maximum absolute atomic E-state index is 13.6. The minimum Gasteiger partial charge on any atom is -0.389 e. The normalized spacial score (nSPS) is 17.1. The Morgan fingerprint density at radius 3 is 2.97 bits per heavy atom. The van der Waals surface area contributed by atoms with Gasteiger partial charge in [0.25, 0.3) is 5.91 Å². The van der Waals surface area contributed by atoms with E-state index in [1.54, 1.807) is 26.2 Å². The lowest BCUT2D eigenvalue weighted by atomic mass is 10.1. The van der Waals surface area contributed by atoms with Crippen LogP contribution < -0.4 is 10.2 Å². The van der Waals surface area contributed by atoms with E-state index in [4.69, 9.17) is 0 Å². The van der Waals surface area contributed by atoms with Gasteiger partial charge in [-0.3, -0.25) is 9.78 Å². The minimum absolute atomic E-state index is 0.0245. The fourth-order valence-electron chi connectivity index (χ4n) is 3.57. The van der Waals surface area contributed by atoms with E-state index in [2.05, 4.69) is 25.3 Å². The van der Waals surface area contributed by atoms with Gasteiger partial charge in [-0.15, -0.1) is 0 Å². The van der Waals surface area contributed by atoms with Crippen molar-refractivity contribution in [3.63, 3.8) is 0 Å². The number of halogens is 1. The molecule has 0 unspecified atom stereocenters. The molecule has 1 fully saturated rings. The number of pyridine rings is 1. The predicted octanol–water partition coefficient (Wildman–Crippen LogP) is 2.11. The topological polar surface area (TPSA) is 95.6 Å². The monoisotopic (exact) mass is 398 g/mol. The number of carbonyl (C=O) groups is 1. The van der Waals surface area contributed by atoms with Crippen LogP contribution in [0.5, 0.6) is 0 Å². The third-order valence-corrected chi connectivity index (χ3v) is 4.94. The quantitative estimate of drug-likeness (QED) is 0.683. The average Bonchev–Trinajstić information content (AvgIpc) is 3.32. The molecule has 0 radical (unpaired) electrons. The number of anilines is 1. The van der Waals surface area contributed by atoms with E-state index in [1.165, 1.54) is 23.0 Å². The van der Waals surface area contributed by atoms with Gasteiger partial charge in [0.05, 0.1) is 24.0 Å². The molecule has 1 atom stereocenters. The van der Waals surface area contributed by atoms with Gasteiger partial charge in [0, 0.05) is 25.5 Å². The van der Waals surface area contributed by atoms with Crippen molar-refractivity contribution in [3.05, 3.63) is 53.9 Å². The first-order chi connectivity index (χ1) is 13.8. The van der Waals surface area contributed by atoms with Gasteiger partial charge in [0.1, 0.15) is 17.2 Å². The molecule has 2 N–H and O–H groups in total. The number of nitrogens with one attached hydrogen (secondary N) is 1. The third kappa shape index (κ3) is 4.04. The number of nitrogens with zero attached hydrogens (tertiary/aromatic N) is 5. The Balaban J connectivity index is 1.64. The van der Waals surface area contributed by atoms with E-state index >= 15 is 0 Å². The zero-order valence-corrected chi connectivity index (χ0v) is 16.3. The number of rotatable bonds is 5. The molecule has 0 aliphatic carbocycles. The van der Waals surface area contributed by atoms with Crippen LogP contribution >= 0.6 is 0 Å². The van der Waals surface area contributed by atoms with Crippen LogP contribution in [-0.2, 0) is 0 Å². The fourth-order valence-corrected chi connectivity index (χ4v) is 3.57. The van der Waals surface area contributed by atoms with Crippen molar-refractivity contribution in [1.29, 1.82) is 0 Å². The lowest BCUT2D eigenvalue weighted by Crippen LogP contribution is -2.38. The molecule has 8 nitrogen and oxygen atoms in total. The SMILES string of the molecule is CC(C)(O)CNC(=O)c1cnn2ccc(N3CCC[C@@H]3c3cncc(F)c3)nc12. The second-order valence-electron chi connectivity index (χ2n) is 7.90. The summed E-state index contributed by atoms with van der Waals surface area (Å²) in [5.74, 6) is -0.0142. The van der Waals surface area contributed by atoms with Crippen LogP contribution in [0.1, 0.15) is 48.7 Å². The molecule has 4 heterocycles. The molecule has 29 heavy (non-hydrogen) atoms. The number of carbonyl (C=O) groups excluding carboxylic acids is 1. The van der Waals surface area contributed by atoms with Crippen molar-refractivity contribution in [2.45, 2.75) is 38.3 Å². The molecular formula is C20H23FN6O2. The summed E-state index contributed by atoms with van der Waals surface area (Å²) in [5, 5.41) is 16.7. The van der Waals surface area contributed by atoms with E-state index in [9.17, 15) is 14.3 Å². The summed E-state index contributed by atoms with van der Waals surface area (Å²) in [6.07, 6.45) is 7.91. The Hall–Kier alpha value is -3.07. The molecule has 0 spiro atoms. The summed E-state index contributed by atoms with van der Waals surface area (Å²) < 4.78 is 15.2. The Bertz CT molecular complexity index is 1040. The van der Waals surface area contributed by atoms with Gasteiger partial charge in [-0.05, 0) is 44.4 Å². The Kier molecular flexibility index (Phi) is 4.91. The fraction of sp³-hybridized carbons (Fsp3) is 0.400. The molecule has 4 rings (SSSR count). The van der Waals surface area contributed by atoms with Crippen LogP contribution in [0.3, 0.4) is 0 Å². The average molecular weight is 398 g/mol. The van der Waals surface area contributed by atoms with Crippen molar-refractivity contribution in [3.8, 4) is 0 Å². The van der Waals surface area contributed by atoms with Crippen LogP contribution in [0.2, 0.25) is 0 Å². The van der Waals surface area contributed by atoms with Crippen LogP contribution in [0, 0.1) is 5.82 Å². The molecule has 0 aromatic carbocycles. The van der Waals surface area contributed by atoms with Gasteiger partial charge in [-0.2, -0.15) is 5.10 Å². The van der Waals surface area contributed by atoms with Crippen molar-refractivity contribution >= 4 is 17.4 Å². The first kappa shape index (κ1) is 19.3. The predicted molar refractivity (Wildman–Crippen MR) is 105 cm³/mol. The summed E-state index contributed by atoms with van der Waals surface area (Å²) in [5.41, 5.74) is 0.553. The summed E-state index contributed by atoms with van der Waals surface area (Å²) in [7, 11) is 0. The standard InChI is InChI=1S/C20H23FN6O2/c1-20(2,29)12-23-19(28)15-11-24-27-7-5-17(25-18(15)27)26-6-3-4-16(26)13-8-14(21)10-22-9-13/h5,7-11,16,29H,3-4,6,12H2,1-2H3,(H,23,28)/t16-/m1/s1. The molecular weight excluding hydrogens is 375 g/mol. The second-order valence-corrected chi connectivity index (χ2v) is 7.90. The van der Waals surface area contributed by atoms with Crippen LogP contribution in [0.15, 0.2) is 36.9 Å². The number of aromatic nitrogens is 4. The van der Waals surface area contributed by atoms with Crippen molar-refractivity contribution in [2.75, 3.05) is 18.0 Å². The van der Waals surface area contributed by atoms with E-state index in [-0.39, 0.29) is 24.3 Å². The number of aliphatic hydroxyl groups is 1. The largest absolute Gasteiger partial charge is 0.389 e. The lowest BCUT2D eigenvalue weighted by Gasteiger charge is -2.26. The van der Waals surface area contributed by atoms with Crippen molar-refractivity contribution in [2.24, 2.45) is 0 Å². The van der Waals surface area contributed by atoms with E-state index in [0.29, 0.717) is 17.0 Å². The second kappa shape index (κ2) is 7.40. The Labute approximate surface area is 167 Å². The molecule has 3 aromatic rings. The highest BCUT2D eigenvalue weighted by molar-refractivity contribution is 5.99. The van der Waals surface area contributed by atoms with Crippen LogP contribution in [-0.4, -0.2) is 49.3 Å². The van der Waals surface area contributed by atoms with Gasteiger partial charge >= 0.3 is 0 Å². The summed E-state index contributed by atoms with van der Waals surface area (Å²) >= 11 is 0. The van der Waals surface area contributed by atoms with Gasteiger partial charge in [0.15, 0.2) is 5.65 Å². The number of amides is 1. The first-order valence-electron chi connectivity index (χ1n) is 9.54. The van der Waals surface area contributed by atoms with Gasteiger partial charge in [0.2, 0.25) is 0 Å². The highest BCUT2D eigenvalue weighted by Gasteiger charge is 2.28. The molecule has 152 valence electrons. The summed E-state index contributed by atoms with van der Waals surface area (Å²) in [6, 6.07) is 3.32. The molecule has 1 amide bonds. The molecule has 9 heteroatoms. The Morgan fingerprint density at radius 1 is 1.38 bits per heavy atom. The van der Waals surface area contributed by atoms with Gasteiger partial charge in [-0.1, -0.05) is 0 Å². The van der Waals surface area contributed by atoms with Crippen molar-refractivity contribution < 1.29 is 14.3 Å². The zero-order chi connectivity index (χ0) is 20.6. The van der Waals surface area contributed by atoms with Crippen LogP contribution in [0.25, 0.3) is 5.65 Å². The highest BCUT2D eigenvalue weighted by atomic mass is 19.1. The van der Waals surface area contributed by atoms with E-state index < -0.39 is 5.60 Å². The van der Waals surface area contributed by atoms with Crippen molar-refractivity contribution in [1.82, 2.24) is 24.9 Å². The third-order valence-electron chi connectivity index (χ3n) is 4.94. The summed E-state index contributed by atoms with van der Waals surface area (Å²) in [4.78, 5) is 23.3. The molecule has 1 aliphatic heterocycles. The van der Waals surface area contributed by atoms with Crippen LogP contribution in [0.4, 0.5) is 10.2 Å². The molecule has 0 saturated carbocycles. The molecule has 3 aromatic heterocycles. The maximum Gasteiger partial charge on any atom is 0.256 e. The van der Waals surface area contributed by atoms with E-state index in [0.717, 1.165) is 24.9 Å². The Morgan fingerprint density at radius 2 is 2.21 bits per heavy atom. The zero-order valence-electron chi connectivity index (χ0n) is 16.3. The molecule has 1 aliphatic rings. The number of hydrogen-bond donors (Lipinski definition) is 2. The minimum atomic E-state index is -1.01. The summed E-state index contributed by atoms with van der Waals surface area (Å²) in [6.45, 7) is 4.13. The lowest BCUT2D eigenvalue weighted by molar-refractivity contribution is 0.0695.